The minimum atomic E-state index is -1.49. The van der Waals surface area contributed by atoms with Gasteiger partial charge in [0.1, 0.15) is 18.1 Å². The Kier molecular flexibility index (Phi) is 15.3. The van der Waals surface area contributed by atoms with E-state index < -0.39 is 78.6 Å². The summed E-state index contributed by atoms with van der Waals surface area (Å²) in [5, 5.41) is 34.3. The Morgan fingerprint density at radius 1 is 0.800 bits per heavy atom. The maximum atomic E-state index is 13.0. The molecular weight excluding hydrogens is 484 g/mol. The Bertz CT molecular complexity index is 765. The third-order valence-corrected chi connectivity index (χ3v) is 5.95. The van der Waals surface area contributed by atoms with E-state index >= 15 is 0 Å². The molecule has 0 aromatic rings. The maximum absolute atomic E-state index is 13.0. The minimum Gasteiger partial charge on any atom is -0.481 e. The van der Waals surface area contributed by atoms with E-state index in [1.807, 2.05) is 6.26 Å². The monoisotopic (exact) mass is 520 g/mol. The number of nitrogens with two attached hydrogens (primary N) is 1. The van der Waals surface area contributed by atoms with Crippen molar-refractivity contribution in [1.82, 2.24) is 16.0 Å². The zero-order chi connectivity index (χ0) is 27.1. The van der Waals surface area contributed by atoms with Crippen LogP contribution in [0.5, 0.6) is 0 Å². The first-order valence-electron chi connectivity index (χ1n) is 11.2. The molecule has 0 aromatic carbocycles. The first kappa shape index (κ1) is 32.1. The zero-order valence-corrected chi connectivity index (χ0v) is 20.9. The lowest BCUT2D eigenvalue weighted by atomic mass is 9.96. The maximum Gasteiger partial charge on any atom is 0.326 e. The Balaban J connectivity index is 5.58. The van der Waals surface area contributed by atoms with Gasteiger partial charge in [-0.2, -0.15) is 11.8 Å². The van der Waals surface area contributed by atoms with E-state index in [9.17, 15) is 33.9 Å². The average Bonchev–Trinajstić information content (AvgIpc) is 2.79. The van der Waals surface area contributed by atoms with Crippen LogP contribution in [0.4, 0.5) is 0 Å². The summed E-state index contributed by atoms with van der Waals surface area (Å²) >= 11 is 1.48. The van der Waals surface area contributed by atoms with E-state index in [4.69, 9.17) is 15.9 Å². The number of carbonyl (C=O) groups excluding carboxylic acids is 3. The number of carboxylic acids is 3. The minimum absolute atomic E-state index is 0.257. The molecule has 35 heavy (non-hydrogen) atoms. The van der Waals surface area contributed by atoms with Gasteiger partial charge in [-0.25, -0.2) is 4.79 Å². The van der Waals surface area contributed by atoms with Crippen LogP contribution in [0, 0.1) is 5.92 Å². The first-order valence-corrected chi connectivity index (χ1v) is 12.5. The molecule has 5 atom stereocenters. The molecule has 0 saturated heterocycles. The van der Waals surface area contributed by atoms with E-state index in [0.29, 0.717) is 18.6 Å². The Hall–Kier alpha value is -2.87. The second-order valence-electron chi connectivity index (χ2n) is 8.09. The normalized spacial score (nSPS) is 15.1. The lowest BCUT2D eigenvalue weighted by Crippen LogP contribution is -2.58. The molecule has 0 rings (SSSR count). The Morgan fingerprint density at radius 2 is 1.31 bits per heavy atom. The van der Waals surface area contributed by atoms with Gasteiger partial charge in [-0.1, -0.05) is 20.3 Å². The van der Waals surface area contributed by atoms with E-state index in [1.54, 1.807) is 13.8 Å². The number of nitrogens with one attached hydrogen (secondary N) is 3. The van der Waals surface area contributed by atoms with E-state index in [-0.39, 0.29) is 12.8 Å². The number of carbonyl (C=O) groups is 6. The molecule has 0 heterocycles. The highest BCUT2D eigenvalue weighted by molar-refractivity contribution is 7.98. The predicted molar refractivity (Wildman–Crippen MR) is 128 cm³/mol. The first-order chi connectivity index (χ1) is 16.3. The van der Waals surface area contributed by atoms with Crippen LogP contribution in [-0.2, 0) is 28.8 Å². The molecule has 8 N–H and O–H groups in total. The fourth-order valence-electron chi connectivity index (χ4n) is 2.93. The van der Waals surface area contributed by atoms with Crippen molar-refractivity contribution < 1.29 is 44.1 Å². The van der Waals surface area contributed by atoms with Gasteiger partial charge in [0.25, 0.3) is 0 Å². The van der Waals surface area contributed by atoms with Crippen LogP contribution >= 0.6 is 11.8 Å². The van der Waals surface area contributed by atoms with E-state index in [0.717, 1.165) is 0 Å². The van der Waals surface area contributed by atoms with Crippen molar-refractivity contribution in [2.75, 3.05) is 12.0 Å². The summed E-state index contributed by atoms with van der Waals surface area (Å²) in [4.78, 5) is 71.4. The molecule has 14 heteroatoms. The summed E-state index contributed by atoms with van der Waals surface area (Å²) < 4.78 is 0. The molecule has 200 valence electrons. The van der Waals surface area contributed by atoms with E-state index in [2.05, 4.69) is 16.0 Å². The van der Waals surface area contributed by atoms with Gasteiger partial charge in [0.2, 0.25) is 17.7 Å². The van der Waals surface area contributed by atoms with Gasteiger partial charge < -0.3 is 37.0 Å². The highest BCUT2D eigenvalue weighted by atomic mass is 32.2. The van der Waals surface area contributed by atoms with Crippen molar-refractivity contribution in [2.45, 2.75) is 76.5 Å². The molecule has 5 unspecified atom stereocenters. The molecule has 3 amide bonds. The molecule has 0 saturated carbocycles. The smallest absolute Gasteiger partial charge is 0.326 e. The Morgan fingerprint density at radius 3 is 1.77 bits per heavy atom. The van der Waals surface area contributed by atoms with Crippen molar-refractivity contribution in [1.29, 1.82) is 0 Å². The summed E-state index contributed by atoms with van der Waals surface area (Å²) in [7, 11) is 0. The Labute approximate surface area is 208 Å². The summed E-state index contributed by atoms with van der Waals surface area (Å²) in [5.74, 6) is -6.03. The third kappa shape index (κ3) is 13.0. The fourth-order valence-corrected chi connectivity index (χ4v) is 3.42. The second kappa shape index (κ2) is 16.7. The number of hydrogen-bond acceptors (Lipinski definition) is 8. The molecule has 0 aromatic heterocycles. The molecule has 0 aliphatic rings. The van der Waals surface area contributed by atoms with Gasteiger partial charge in [0.05, 0.1) is 6.04 Å². The van der Waals surface area contributed by atoms with Crippen molar-refractivity contribution in [3.05, 3.63) is 0 Å². The fraction of sp³-hybridized carbons (Fsp3) is 0.714. The van der Waals surface area contributed by atoms with Crippen LogP contribution in [0.3, 0.4) is 0 Å². The van der Waals surface area contributed by atoms with Crippen LogP contribution in [0.15, 0.2) is 0 Å². The average molecular weight is 521 g/mol. The number of thioether (sulfide) groups is 1. The van der Waals surface area contributed by atoms with Gasteiger partial charge >= 0.3 is 17.9 Å². The molecule has 13 nitrogen and oxygen atoms in total. The summed E-state index contributed by atoms with van der Waals surface area (Å²) in [6, 6.07) is -4.91. The van der Waals surface area contributed by atoms with Crippen molar-refractivity contribution in [3.8, 4) is 0 Å². The molecule has 0 fully saturated rings. The topological polar surface area (TPSA) is 225 Å². The van der Waals surface area contributed by atoms with Gasteiger partial charge in [0, 0.05) is 12.8 Å². The SMILES string of the molecule is CCC(C)C(NC(=O)C(CCC(=O)O)NC(=O)C(N)CCSC)C(=O)NC(CCC(=O)O)C(=O)O. The van der Waals surface area contributed by atoms with Gasteiger partial charge in [0.15, 0.2) is 0 Å². The zero-order valence-electron chi connectivity index (χ0n) is 20.1. The third-order valence-electron chi connectivity index (χ3n) is 5.30. The van der Waals surface area contributed by atoms with Gasteiger partial charge in [-0.3, -0.25) is 24.0 Å². The summed E-state index contributed by atoms with van der Waals surface area (Å²) in [6.07, 6.45) is 1.05. The lowest BCUT2D eigenvalue weighted by molar-refractivity contribution is -0.143. The number of carboxylic acid groups (broad SMARTS) is 3. The predicted octanol–water partition coefficient (Wildman–Crippen LogP) is -0.618. The number of rotatable bonds is 18. The highest BCUT2D eigenvalue weighted by Gasteiger charge is 2.33. The van der Waals surface area contributed by atoms with Gasteiger partial charge in [-0.15, -0.1) is 0 Å². The van der Waals surface area contributed by atoms with Crippen molar-refractivity contribution in [3.63, 3.8) is 0 Å². The number of amides is 3. The van der Waals surface area contributed by atoms with Crippen molar-refractivity contribution >= 4 is 47.4 Å². The van der Waals surface area contributed by atoms with Crippen LogP contribution < -0.4 is 21.7 Å². The van der Waals surface area contributed by atoms with Crippen LogP contribution in [0.1, 0.15) is 52.4 Å². The van der Waals surface area contributed by atoms with Crippen molar-refractivity contribution in [2.24, 2.45) is 11.7 Å². The van der Waals surface area contributed by atoms with E-state index in [1.165, 1.54) is 11.8 Å². The van der Waals surface area contributed by atoms with Crippen LogP contribution in [0.2, 0.25) is 0 Å². The molecular formula is C21H36N4O9S. The highest BCUT2D eigenvalue weighted by Crippen LogP contribution is 2.11. The van der Waals surface area contributed by atoms with Gasteiger partial charge in [-0.05, 0) is 37.2 Å². The molecule has 0 aliphatic heterocycles. The molecule has 0 spiro atoms. The molecule has 0 radical (unpaired) electrons. The summed E-state index contributed by atoms with van der Waals surface area (Å²) in [6.45, 7) is 3.38. The second-order valence-corrected chi connectivity index (χ2v) is 9.07. The van der Waals surface area contributed by atoms with Crippen LogP contribution in [0.25, 0.3) is 0 Å². The molecule has 0 bridgehead atoms. The lowest BCUT2D eigenvalue weighted by Gasteiger charge is -2.28. The number of hydrogen-bond donors (Lipinski definition) is 7. The number of aliphatic carboxylic acids is 3. The van der Waals surface area contributed by atoms with Crippen LogP contribution in [-0.4, -0.2) is 87.1 Å². The molecule has 0 aliphatic carbocycles. The summed E-state index contributed by atoms with van der Waals surface area (Å²) in [5.41, 5.74) is 5.82. The quantitative estimate of drug-likeness (QED) is 0.120. The standard InChI is InChI=1S/C21H36N4O9S/c1-4-11(2)17(20(32)24-14(21(33)34)6-8-16(28)29)25-19(31)13(5-7-15(26)27)23-18(30)12(22)9-10-35-3/h11-14,17H,4-10,22H2,1-3H3,(H,23,30)(H,24,32)(H,25,31)(H,26,27)(H,28,29)(H,33,34). The largest absolute Gasteiger partial charge is 0.481 e.